The third kappa shape index (κ3) is 1.74. The van der Waals surface area contributed by atoms with Crippen LogP contribution in [-0.2, 0) is 0 Å². The Kier molecular flexibility index (Phi) is 2.45. The first-order chi connectivity index (χ1) is 9.86. The van der Waals surface area contributed by atoms with Crippen LogP contribution in [0.5, 0.6) is 5.75 Å². The lowest BCUT2D eigenvalue weighted by molar-refractivity contribution is 0.416. The number of hydrogen-bond acceptors (Lipinski definition) is 4. The van der Waals surface area contributed by atoms with Crippen molar-refractivity contribution in [3.05, 3.63) is 42.5 Å². The average molecular weight is 266 g/mol. The predicted molar refractivity (Wildman–Crippen MR) is 74.7 cm³/mol. The molecule has 0 spiro atoms. The molecular weight excluding hydrogens is 252 g/mol. The number of nitrogens with zero attached hydrogens (tertiary/aromatic N) is 4. The van der Waals surface area contributed by atoms with Crippen molar-refractivity contribution in [1.82, 2.24) is 19.6 Å². The molecule has 1 aliphatic carbocycles. The highest BCUT2D eigenvalue weighted by atomic mass is 16.5. The van der Waals surface area contributed by atoms with E-state index < -0.39 is 0 Å². The topological polar surface area (TPSA) is 52.3 Å². The zero-order valence-electron chi connectivity index (χ0n) is 11.2. The Labute approximate surface area is 116 Å². The molecule has 1 saturated carbocycles. The highest BCUT2D eigenvalue weighted by molar-refractivity contribution is 5.66. The molecule has 100 valence electrons. The van der Waals surface area contributed by atoms with Crippen LogP contribution in [0.15, 0.2) is 36.7 Å². The van der Waals surface area contributed by atoms with Crippen LogP contribution in [0.3, 0.4) is 0 Å². The fraction of sp³-hybridized carbons (Fsp3) is 0.267. The Morgan fingerprint density at radius 2 is 2.15 bits per heavy atom. The molecule has 1 fully saturated rings. The van der Waals surface area contributed by atoms with Crippen molar-refractivity contribution in [3.63, 3.8) is 0 Å². The molecule has 4 rings (SSSR count). The molecule has 0 unspecified atom stereocenters. The molecule has 3 aromatic rings. The Morgan fingerprint density at radius 3 is 2.85 bits per heavy atom. The minimum Gasteiger partial charge on any atom is -0.493 e. The van der Waals surface area contributed by atoms with E-state index in [1.165, 1.54) is 12.8 Å². The van der Waals surface area contributed by atoms with Crippen molar-refractivity contribution in [1.29, 1.82) is 0 Å². The Hall–Kier alpha value is -2.43. The summed E-state index contributed by atoms with van der Waals surface area (Å²) in [4.78, 5) is 8.81. The number of fused-ring (bicyclic) bond motifs is 1. The van der Waals surface area contributed by atoms with Gasteiger partial charge in [-0.05, 0) is 37.1 Å². The first-order valence-corrected chi connectivity index (χ1v) is 6.71. The summed E-state index contributed by atoms with van der Waals surface area (Å²) in [5.41, 5.74) is 2.77. The fourth-order valence-corrected chi connectivity index (χ4v) is 2.36. The summed E-state index contributed by atoms with van der Waals surface area (Å²) in [6.07, 6.45) is 5.96. The molecule has 1 aliphatic rings. The quantitative estimate of drug-likeness (QED) is 0.731. The van der Waals surface area contributed by atoms with E-state index >= 15 is 0 Å². The van der Waals surface area contributed by atoms with E-state index in [1.807, 2.05) is 35.0 Å². The maximum Gasteiger partial charge on any atom is 0.198 e. The van der Waals surface area contributed by atoms with Crippen molar-refractivity contribution >= 4 is 5.65 Å². The van der Waals surface area contributed by atoms with Crippen LogP contribution in [0.1, 0.15) is 24.6 Å². The van der Waals surface area contributed by atoms with Gasteiger partial charge in [0, 0.05) is 23.9 Å². The van der Waals surface area contributed by atoms with Gasteiger partial charge in [0.1, 0.15) is 0 Å². The molecule has 5 nitrogen and oxygen atoms in total. The van der Waals surface area contributed by atoms with Gasteiger partial charge in [0.25, 0.3) is 0 Å². The van der Waals surface area contributed by atoms with Gasteiger partial charge in [-0.15, -0.1) is 0 Å². The van der Waals surface area contributed by atoms with E-state index in [2.05, 4.69) is 15.1 Å². The van der Waals surface area contributed by atoms with Crippen molar-refractivity contribution < 1.29 is 4.74 Å². The maximum absolute atomic E-state index is 5.39. The Morgan fingerprint density at radius 1 is 1.25 bits per heavy atom. The van der Waals surface area contributed by atoms with Crippen LogP contribution in [0, 0.1) is 0 Å². The number of methoxy groups -OCH3 is 1. The fourth-order valence-electron chi connectivity index (χ4n) is 2.36. The molecule has 0 aromatic carbocycles. The number of hydrogen-bond donors (Lipinski definition) is 0. The van der Waals surface area contributed by atoms with Crippen LogP contribution < -0.4 is 4.74 Å². The van der Waals surface area contributed by atoms with Gasteiger partial charge in [0.05, 0.1) is 12.8 Å². The summed E-state index contributed by atoms with van der Waals surface area (Å²) in [5.74, 6) is 2.18. The lowest BCUT2D eigenvalue weighted by atomic mass is 10.2. The van der Waals surface area contributed by atoms with Crippen LogP contribution in [0.25, 0.3) is 16.9 Å². The zero-order chi connectivity index (χ0) is 13.5. The van der Waals surface area contributed by atoms with Gasteiger partial charge < -0.3 is 4.74 Å². The van der Waals surface area contributed by atoms with Crippen molar-refractivity contribution in [2.45, 2.75) is 18.8 Å². The molecule has 0 amide bonds. The molecule has 0 atom stereocenters. The normalized spacial score (nSPS) is 14.7. The van der Waals surface area contributed by atoms with Crippen LogP contribution in [-0.4, -0.2) is 26.7 Å². The SMILES string of the molecule is COc1ccc(-c2cccnc2)n2nc(C3CC3)nc12. The van der Waals surface area contributed by atoms with Crippen molar-refractivity contribution in [2.75, 3.05) is 7.11 Å². The molecule has 3 heterocycles. The van der Waals surface area contributed by atoms with Gasteiger partial charge in [0.15, 0.2) is 17.2 Å². The van der Waals surface area contributed by atoms with Crippen molar-refractivity contribution in [3.8, 4) is 17.0 Å². The van der Waals surface area contributed by atoms with Gasteiger partial charge in [-0.1, -0.05) is 0 Å². The molecule has 3 aromatic heterocycles. The van der Waals surface area contributed by atoms with Crippen LogP contribution in [0.2, 0.25) is 0 Å². The highest BCUT2D eigenvalue weighted by Crippen LogP contribution is 2.39. The summed E-state index contributed by atoms with van der Waals surface area (Å²) in [7, 11) is 1.66. The summed E-state index contributed by atoms with van der Waals surface area (Å²) in [6.45, 7) is 0. The lowest BCUT2D eigenvalue weighted by Crippen LogP contribution is -1.97. The summed E-state index contributed by atoms with van der Waals surface area (Å²) in [6, 6.07) is 7.87. The Balaban J connectivity index is 1.97. The van der Waals surface area contributed by atoms with E-state index in [9.17, 15) is 0 Å². The molecule has 0 radical (unpaired) electrons. The number of pyridine rings is 2. The zero-order valence-corrected chi connectivity index (χ0v) is 11.2. The van der Waals surface area contributed by atoms with E-state index in [0.717, 1.165) is 28.5 Å². The maximum atomic E-state index is 5.39. The molecule has 0 aliphatic heterocycles. The first-order valence-electron chi connectivity index (χ1n) is 6.71. The van der Waals surface area contributed by atoms with Gasteiger partial charge >= 0.3 is 0 Å². The average Bonchev–Trinajstić information content (AvgIpc) is 3.26. The third-order valence-electron chi connectivity index (χ3n) is 3.58. The third-order valence-corrected chi connectivity index (χ3v) is 3.58. The number of ether oxygens (including phenoxy) is 1. The largest absolute Gasteiger partial charge is 0.493 e. The van der Waals surface area contributed by atoms with Crippen LogP contribution in [0.4, 0.5) is 0 Å². The van der Waals surface area contributed by atoms with Gasteiger partial charge in [-0.2, -0.15) is 5.10 Å². The van der Waals surface area contributed by atoms with Crippen LogP contribution >= 0.6 is 0 Å². The Bertz CT molecular complexity index is 762. The minimum absolute atomic E-state index is 0.515. The number of aromatic nitrogens is 4. The van der Waals surface area contributed by atoms with Gasteiger partial charge in [-0.25, -0.2) is 9.50 Å². The second-order valence-corrected chi connectivity index (χ2v) is 5.01. The standard InChI is InChI=1S/C15H14N4O/c1-20-13-7-6-12(11-3-2-8-16-9-11)19-15(13)17-14(18-19)10-4-5-10/h2-3,6-10H,4-5H2,1H3. The molecule has 20 heavy (non-hydrogen) atoms. The second kappa shape index (κ2) is 4.30. The smallest absolute Gasteiger partial charge is 0.198 e. The highest BCUT2D eigenvalue weighted by Gasteiger charge is 2.29. The van der Waals surface area contributed by atoms with Gasteiger partial charge in [-0.3, -0.25) is 4.98 Å². The van der Waals surface area contributed by atoms with E-state index in [1.54, 1.807) is 13.3 Å². The second-order valence-electron chi connectivity index (χ2n) is 5.01. The molecule has 0 saturated heterocycles. The summed E-state index contributed by atoms with van der Waals surface area (Å²) in [5, 5.41) is 4.66. The predicted octanol–water partition coefficient (Wildman–Crippen LogP) is 2.68. The molecule has 0 bridgehead atoms. The number of rotatable bonds is 3. The molecule has 0 N–H and O–H groups in total. The minimum atomic E-state index is 0.515. The van der Waals surface area contributed by atoms with Crippen molar-refractivity contribution in [2.24, 2.45) is 0 Å². The monoisotopic (exact) mass is 266 g/mol. The molecule has 5 heteroatoms. The molecular formula is C15H14N4O. The lowest BCUT2D eigenvalue weighted by Gasteiger charge is -2.06. The summed E-state index contributed by atoms with van der Waals surface area (Å²) >= 11 is 0. The van der Waals surface area contributed by atoms with E-state index in [0.29, 0.717) is 5.92 Å². The summed E-state index contributed by atoms with van der Waals surface area (Å²) < 4.78 is 7.26. The van der Waals surface area contributed by atoms with Gasteiger partial charge in [0.2, 0.25) is 0 Å². The first kappa shape index (κ1) is 11.4. The van der Waals surface area contributed by atoms with E-state index in [4.69, 9.17) is 4.74 Å². The van der Waals surface area contributed by atoms with E-state index in [-0.39, 0.29) is 0 Å².